The third kappa shape index (κ3) is 3.10. The van der Waals surface area contributed by atoms with E-state index in [9.17, 15) is 9.18 Å². The number of hydrogen-bond donors (Lipinski definition) is 2. The number of halogens is 1. The number of hydrogen-bond acceptors (Lipinski definition) is 3. The van der Waals surface area contributed by atoms with Crippen LogP contribution in [0.3, 0.4) is 0 Å². The molecule has 0 spiro atoms. The van der Waals surface area contributed by atoms with E-state index in [1.807, 2.05) is 24.9 Å². The molecule has 0 saturated carbocycles. The molecule has 1 atom stereocenters. The summed E-state index contributed by atoms with van der Waals surface area (Å²) in [6.07, 6.45) is 0.898. The highest BCUT2D eigenvalue weighted by Gasteiger charge is 2.21. The van der Waals surface area contributed by atoms with Crippen LogP contribution in [0.25, 0.3) is 0 Å². The number of nitrogens with zero attached hydrogens (tertiary/aromatic N) is 1. The lowest BCUT2D eigenvalue weighted by molar-refractivity contribution is -0.119. The highest BCUT2D eigenvalue weighted by molar-refractivity contribution is 5.82. The molecule has 0 aromatic heterocycles. The average molecular weight is 279 g/mol. The standard InChI is InChI=1S/C15H22FN3O/c1-10-7-14(12(8-13(10)16)11(2)17-3)19-6-4-5-18-15(20)9-19/h7-8,11,17H,4-6,9H2,1-3H3,(H,18,20). The molecule has 0 radical (unpaired) electrons. The van der Waals surface area contributed by atoms with Gasteiger partial charge in [-0.1, -0.05) is 0 Å². The molecule has 1 saturated heterocycles. The molecular formula is C15H22FN3O. The molecule has 1 heterocycles. The fraction of sp³-hybridized carbons (Fsp3) is 0.533. The van der Waals surface area contributed by atoms with E-state index >= 15 is 0 Å². The Hall–Kier alpha value is -1.62. The van der Waals surface area contributed by atoms with Crippen molar-refractivity contribution in [2.24, 2.45) is 0 Å². The maximum absolute atomic E-state index is 13.9. The smallest absolute Gasteiger partial charge is 0.239 e. The van der Waals surface area contributed by atoms with E-state index in [0.29, 0.717) is 18.7 Å². The molecular weight excluding hydrogens is 257 g/mol. The second-order valence-electron chi connectivity index (χ2n) is 5.30. The van der Waals surface area contributed by atoms with E-state index in [1.165, 1.54) is 0 Å². The Morgan fingerprint density at radius 3 is 2.90 bits per heavy atom. The van der Waals surface area contributed by atoms with Gasteiger partial charge in [0, 0.05) is 24.8 Å². The minimum absolute atomic E-state index is 0.0209. The van der Waals surface area contributed by atoms with Crippen molar-refractivity contribution in [1.82, 2.24) is 10.6 Å². The van der Waals surface area contributed by atoms with Gasteiger partial charge in [-0.25, -0.2) is 4.39 Å². The van der Waals surface area contributed by atoms with Crippen LogP contribution in [0.5, 0.6) is 0 Å². The summed E-state index contributed by atoms with van der Waals surface area (Å²) in [5.41, 5.74) is 2.45. The molecule has 110 valence electrons. The van der Waals surface area contributed by atoms with Gasteiger partial charge in [-0.2, -0.15) is 0 Å². The second-order valence-corrected chi connectivity index (χ2v) is 5.30. The van der Waals surface area contributed by atoms with Crippen molar-refractivity contribution in [3.8, 4) is 0 Å². The first-order valence-electron chi connectivity index (χ1n) is 7.02. The van der Waals surface area contributed by atoms with Crippen molar-refractivity contribution in [3.05, 3.63) is 29.1 Å². The number of rotatable bonds is 3. The highest BCUT2D eigenvalue weighted by atomic mass is 19.1. The molecule has 2 rings (SSSR count). The molecule has 0 aliphatic carbocycles. The molecule has 2 N–H and O–H groups in total. The van der Waals surface area contributed by atoms with Crippen molar-refractivity contribution >= 4 is 11.6 Å². The minimum Gasteiger partial charge on any atom is -0.362 e. The molecule has 20 heavy (non-hydrogen) atoms. The minimum atomic E-state index is -0.204. The van der Waals surface area contributed by atoms with E-state index in [2.05, 4.69) is 10.6 Å². The fourth-order valence-electron chi connectivity index (χ4n) is 2.47. The zero-order valence-electron chi connectivity index (χ0n) is 12.3. The Morgan fingerprint density at radius 1 is 1.45 bits per heavy atom. The predicted octanol–water partition coefficient (Wildman–Crippen LogP) is 1.74. The van der Waals surface area contributed by atoms with Crippen LogP contribution >= 0.6 is 0 Å². The lowest BCUT2D eigenvalue weighted by Crippen LogP contribution is -2.34. The number of anilines is 1. The average Bonchev–Trinajstić information content (AvgIpc) is 2.65. The maximum Gasteiger partial charge on any atom is 0.239 e. The number of carbonyl (C=O) groups excluding carboxylic acids is 1. The molecule has 1 fully saturated rings. The van der Waals surface area contributed by atoms with Crippen LogP contribution in [0.4, 0.5) is 10.1 Å². The van der Waals surface area contributed by atoms with Crippen LogP contribution in [0.15, 0.2) is 12.1 Å². The third-order valence-corrected chi connectivity index (χ3v) is 3.81. The van der Waals surface area contributed by atoms with E-state index in [-0.39, 0.29) is 17.8 Å². The first-order valence-corrected chi connectivity index (χ1v) is 7.02. The summed E-state index contributed by atoms with van der Waals surface area (Å²) in [6, 6.07) is 3.46. The molecule has 0 bridgehead atoms. The van der Waals surface area contributed by atoms with E-state index in [1.54, 1.807) is 13.0 Å². The maximum atomic E-state index is 13.9. The largest absolute Gasteiger partial charge is 0.362 e. The summed E-state index contributed by atoms with van der Waals surface area (Å²) >= 11 is 0. The first kappa shape index (κ1) is 14.8. The normalized spacial score (nSPS) is 17.6. The van der Waals surface area contributed by atoms with Crippen molar-refractivity contribution < 1.29 is 9.18 Å². The molecule has 1 aliphatic rings. The molecule has 5 heteroatoms. The zero-order valence-corrected chi connectivity index (χ0v) is 12.3. The highest BCUT2D eigenvalue weighted by Crippen LogP contribution is 2.29. The van der Waals surface area contributed by atoms with E-state index < -0.39 is 0 Å². The van der Waals surface area contributed by atoms with Crippen LogP contribution in [-0.4, -0.2) is 32.6 Å². The third-order valence-electron chi connectivity index (χ3n) is 3.81. The lowest BCUT2D eigenvalue weighted by atomic mass is 10.0. The van der Waals surface area contributed by atoms with Crippen molar-refractivity contribution in [2.75, 3.05) is 31.6 Å². The van der Waals surface area contributed by atoms with Crippen LogP contribution in [-0.2, 0) is 4.79 Å². The van der Waals surface area contributed by atoms with Gasteiger partial charge in [0.05, 0.1) is 6.54 Å². The van der Waals surface area contributed by atoms with Gasteiger partial charge in [-0.05, 0) is 50.6 Å². The monoisotopic (exact) mass is 279 g/mol. The van der Waals surface area contributed by atoms with E-state index in [0.717, 1.165) is 24.2 Å². The molecule has 1 unspecified atom stereocenters. The van der Waals surface area contributed by atoms with Gasteiger partial charge in [-0.15, -0.1) is 0 Å². The molecule has 1 amide bonds. The quantitative estimate of drug-likeness (QED) is 0.886. The zero-order chi connectivity index (χ0) is 14.7. The van der Waals surface area contributed by atoms with Gasteiger partial charge in [0.1, 0.15) is 5.82 Å². The SMILES string of the molecule is CNC(C)c1cc(F)c(C)cc1N1CCCNC(=O)C1. The number of amides is 1. The first-order chi connectivity index (χ1) is 9.52. The molecule has 1 aromatic carbocycles. The Morgan fingerprint density at radius 2 is 2.20 bits per heavy atom. The van der Waals surface area contributed by atoms with Crippen molar-refractivity contribution in [1.29, 1.82) is 0 Å². The predicted molar refractivity (Wildman–Crippen MR) is 78.5 cm³/mol. The van der Waals surface area contributed by atoms with Crippen LogP contribution in [0, 0.1) is 12.7 Å². The summed E-state index contributed by atoms with van der Waals surface area (Å²) in [4.78, 5) is 13.8. The van der Waals surface area contributed by atoms with Gasteiger partial charge < -0.3 is 15.5 Å². The van der Waals surface area contributed by atoms with E-state index in [4.69, 9.17) is 0 Å². The van der Waals surface area contributed by atoms with Gasteiger partial charge in [-0.3, -0.25) is 4.79 Å². The summed E-state index contributed by atoms with van der Waals surface area (Å²) in [7, 11) is 1.85. The topological polar surface area (TPSA) is 44.4 Å². The Labute approximate surface area is 119 Å². The lowest BCUT2D eigenvalue weighted by Gasteiger charge is -2.27. The summed E-state index contributed by atoms with van der Waals surface area (Å²) in [5, 5.41) is 6.00. The van der Waals surface area contributed by atoms with Gasteiger partial charge in [0.25, 0.3) is 0 Å². The Kier molecular flexibility index (Phi) is 4.60. The Bertz CT molecular complexity index is 504. The van der Waals surface area contributed by atoms with Gasteiger partial charge >= 0.3 is 0 Å². The summed E-state index contributed by atoms with van der Waals surface area (Å²) in [5.74, 6) is -0.183. The summed E-state index contributed by atoms with van der Waals surface area (Å²) in [6.45, 7) is 5.57. The van der Waals surface area contributed by atoms with Crippen molar-refractivity contribution in [3.63, 3.8) is 0 Å². The number of carbonyl (C=O) groups is 1. The van der Waals surface area contributed by atoms with Crippen LogP contribution in [0.2, 0.25) is 0 Å². The fourth-order valence-corrected chi connectivity index (χ4v) is 2.47. The summed E-state index contributed by atoms with van der Waals surface area (Å²) < 4.78 is 13.9. The number of aryl methyl sites for hydroxylation is 1. The number of nitrogens with one attached hydrogen (secondary N) is 2. The van der Waals surface area contributed by atoms with Crippen LogP contribution in [0.1, 0.15) is 30.5 Å². The van der Waals surface area contributed by atoms with Crippen molar-refractivity contribution in [2.45, 2.75) is 26.3 Å². The van der Waals surface area contributed by atoms with Gasteiger partial charge in [0.15, 0.2) is 0 Å². The molecule has 1 aromatic rings. The molecule has 1 aliphatic heterocycles. The van der Waals surface area contributed by atoms with Crippen LogP contribution < -0.4 is 15.5 Å². The number of benzene rings is 1. The Balaban J connectivity index is 2.42. The van der Waals surface area contributed by atoms with Gasteiger partial charge in [0.2, 0.25) is 5.91 Å². The molecule has 4 nitrogen and oxygen atoms in total. The second kappa shape index (κ2) is 6.22.